The maximum absolute atomic E-state index is 12.9. The van der Waals surface area contributed by atoms with Crippen LogP contribution in [0.1, 0.15) is 12.0 Å². The van der Waals surface area contributed by atoms with Gasteiger partial charge in [0.15, 0.2) is 5.60 Å². The van der Waals surface area contributed by atoms with Crippen molar-refractivity contribution in [2.24, 2.45) is 0 Å². The van der Waals surface area contributed by atoms with Crippen molar-refractivity contribution in [1.29, 1.82) is 0 Å². The van der Waals surface area contributed by atoms with Crippen molar-refractivity contribution in [1.82, 2.24) is 4.90 Å². The molecule has 2 rings (SSSR count). The molecule has 0 radical (unpaired) electrons. The quantitative estimate of drug-likeness (QED) is 0.931. The molecule has 1 fully saturated rings. The molecule has 1 unspecified atom stereocenters. The molecule has 104 valence electrons. The first-order chi connectivity index (χ1) is 8.92. The Hall–Kier alpha value is -0.780. The molecule has 1 aromatic carbocycles. The molecule has 1 amide bonds. The minimum absolute atomic E-state index is 0.255. The number of carbonyl (C=O) groups is 1. The second kappa shape index (κ2) is 5.69. The summed E-state index contributed by atoms with van der Waals surface area (Å²) < 4.78 is 12.9. The fourth-order valence-electron chi connectivity index (χ4n) is 2.06. The lowest BCUT2D eigenvalue weighted by Gasteiger charge is -2.27. The van der Waals surface area contributed by atoms with Crippen LogP contribution >= 0.6 is 23.4 Å². The maximum Gasteiger partial charge on any atom is 0.255 e. The molecule has 19 heavy (non-hydrogen) atoms. The standard InChI is InChI=1S/C13H15ClFNO2S/c1-16(12(17)13(18)4-5-19-8-13)7-9-2-3-10(15)6-11(9)14/h2-3,6,18H,4-5,7-8H2,1H3. The van der Waals surface area contributed by atoms with Crippen LogP contribution in [-0.2, 0) is 11.3 Å². The Labute approximate surface area is 120 Å². The van der Waals surface area contributed by atoms with E-state index in [9.17, 15) is 14.3 Å². The Balaban J connectivity index is 2.08. The average molecular weight is 304 g/mol. The van der Waals surface area contributed by atoms with Crippen LogP contribution < -0.4 is 0 Å². The molecule has 0 bridgehead atoms. The van der Waals surface area contributed by atoms with Crippen molar-refractivity contribution in [2.45, 2.75) is 18.6 Å². The molecule has 1 heterocycles. The van der Waals surface area contributed by atoms with Gasteiger partial charge in [-0.25, -0.2) is 4.39 Å². The van der Waals surface area contributed by atoms with Gasteiger partial charge in [-0.2, -0.15) is 11.8 Å². The molecule has 1 aliphatic rings. The van der Waals surface area contributed by atoms with E-state index in [2.05, 4.69) is 0 Å². The fraction of sp³-hybridized carbons (Fsp3) is 0.462. The van der Waals surface area contributed by atoms with Crippen LogP contribution in [0.25, 0.3) is 0 Å². The van der Waals surface area contributed by atoms with E-state index >= 15 is 0 Å². The Bertz CT molecular complexity index is 492. The highest BCUT2D eigenvalue weighted by Crippen LogP contribution is 2.30. The summed E-state index contributed by atoms with van der Waals surface area (Å²) in [7, 11) is 1.61. The lowest BCUT2D eigenvalue weighted by atomic mass is 10.0. The lowest BCUT2D eigenvalue weighted by Crippen LogP contribution is -2.47. The van der Waals surface area contributed by atoms with Gasteiger partial charge in [-0.05, 0) is 29.9 Å². The zero-order valence-electron chi connectivity index (χ0n) is 10.5. The molecule has 1 aromatic rings. The molecule has 0 aliphatic carbocycles. The Morgan fingerprint density at radius 1 is 1.63 bits per heavy atom. The van der Waals surface area contributed by atoms with Crippen molar-refractivity contribution >= 4 is 29.3 Å². The number of aliphatic hydroxyl groups is 1. The molecule has 0 spiro atoms. The van der Waals surface area contributed by atoms with Gasteiger partial charge in [0.2, 0.25) is 0 Å². The minimum atomic E-state index is -1.27. The van der Waals surface area contributed by atoms with Crippen LogP contribution in [0.3, 0.4) is 0 Å². The van der Waals surface area contributed by atoms with E-state index in [1.165, 1.54) is 17.0 Å². The van der Waals surface area contributed by atoms with Gasteiger partial charge >= 0.3 is 0 Å². The summed E-state index contributed by atoms with van der Waals surface area (Å²) in [6, 6.07) is 4.07. The zero-order chi connectivity index (χ0) is 14.0. The van der Waals surface area contributed by atoms with Gasteiger partial charge in [0.25, 0.3) is 5.91 Å². The van der Waals surface area contributed by atoms with Gasteiger partial charge in [0.05, 0.1) is 0 Å². The smallest absolute Gasteiger partial charge is 0.255 e. The second-order valence-corrected chi connectivity index (χ2v) is 6.24. The van der Waals surface area contributed by atoms with Gasteiger partial charge < -0.3 is 10.0 Å². The summed E-state index contributed by atoms with van der Waals surface area (Å²) in [6.45, 7) is 0.255. The summed E-state index contributed by atoms with van der Waals surface area (Å²) in [5.74, 6) is 0.493. The first-order valence-corrected chi connectivity index (χ1v) is 7.45. The third-order valence-electron chi connectivity index (χ3n) is 3.17. The van der Waals surface area contributed by atoms with Crippen molar-refractivity contribution in [2.75, 3.05) is 18.6 Å². The number of hydrogen-bond donors (Lipinski definition) is 1. The van der Waals surface area contributed by atoms with Crippen LogP contribution in [0, 0.1) is 5.82 Å². The molecule has 1 atom stereocenters. The number of likely N-dealkylation sites (N-methyl/N-ethyl adjacent to an activating group) is 1. The number of amides is 1. The van der Waals surface area contributed by atoms with Gasteiger partial charge in [0.1, 0.15) is 5.82 Å². The summed E-state index contributed by atoms with van der Waals surface area (Å²) in [4.78, 5) is 13.6. The lowest BCUT2D eigenvalue weighted by molar-refractivity contribution is -0.147. The van der Waals surface area contributed by atoms with Crippen LogP contribution in [0.4, 0.5) is 4.39 Å². The van der Waals surface area contributed by atoms with E-state index in [-0.39, 0.29) is 17.5 Å². The van der Waals surface area contributed by atoms with Crippen LogP contribution in [0.2, 0.25) is 5.02 Å². The average Bonchev–Trinajstić information content (AvgIpc) is 2.80. The molecule has 0 saturated carbocycles. The predicted octanol–water partition coefficient (Wildman–Crippen LogP) is 2.31. The largest absolute Gasteiger partial charge is 0.379 e. The first-order valence-electron chi connectivity index (χ1n) is 5.92. The highest BCUT2D eigenvalue weighted by molar-refractivity contribution is 7.99. The summed E-state index contributed by atoms with van der Waals surface area (Å²) in [5.41, 5.74) is -0.612. The maximum atomic E-state index is 12.9. The van der Waals surface area contributed by atoms with Crippen molar-refractivity contribution in [3.05, 3.63) is 34.6 Å². The van der Waals surface area contributed by atoms with E-state index < -0.39 is 11.4 Å². The minimum Gasteiger partial charge on any atom is -0.379 e. The second-order valence-electron chi connectivity index (χ2n) is 4.73. The number of nitrogens with zero attached hydrogens (tertiary/aromatic N) is 1. The number of hydrogen-bond acceptors (Lipinski definition) is 3. The predicted molar refractivity (Wildman–Crippen MR) is 74.8 cm³/mol. The molecule has 1 N–H and O–H groups in total. The molecular weight excluding hydrogens is 289 g/mol. The van der Waals surface area contributed by atoms with E-state index in [1.807, 2.05) is 0 Å². The van der Waals surface area contributed by atoms with Gasteiger partial charge in [-0.15, -0.1) is 0 Å². The van der Waals surface area contributed by atoms with Crippen molar-refractivity contribution < 1.29 is 14.3 Å². The number of thioether (sulfide) groups is 1. The first kappa shape index (κ1) is 14.6. The molecule has 6 heteroatoms. The number of halogens is 2. The Morgan fingerprint density at radius 2 is 2.37 bits per heavy atom. The summed E-state index contributed by atoms with van der Waals surface area (Å²) >= 11 is 7.49. The van der Waals surface area contributed by atoms with Crippen LogP contribution in [-0.4, -0.2) is 40.1 Å². The Morgan fingerprint density at radius 3 is 2.95 bits per heavy atom. The van der Waals surface area contributed by atoms with Crippen molar-refractivity contribution in [3.8, 4) is 0 Å². The molecule has 1 aliphatic heterocycles. The fourth-order valence-corrected chi connectivity index (χ4v) is 3.51. The third-order valence-corrected chi connectivity index (χ3v) is 4.69. The highest BCUT2D eigenvalue weighted by Gasteiger charge is 2.41. The topological polar surface area (TPSA) is 40.5 Å². The number of rotatable bonds is 3. The Kier molecular flexibility index (Phi) is 4.38. The van der Waals surface area contributed by atoms with E-state index in [1.54, 1.807) is 24.9 Å². The van der Waals surface area contributed by atoms with E-state index in [4.69, 9.17) is 11.6 Å². The molecule has 1 saturated heterocycles. The SMILES string of the molecule is CN(Cc1ccc(F)cc1Cl)C(=O)C1(O)CCSC1. The molecule has 0 aromatic heterocycles. The summed E-state index contributed by atoms with van der Waals surface area (Å²) in [5, 5.41) is 10.5. The third kappa shape index (κ3) is 3.22. The van der Waals surface area contributed by atoms with E-state index in [0.717, 1.165) is 5.75 Å². The summed E-state index contributed by atoms with van der Waals surface area (Å²) in [6.07, 6.45) is 0.470. The van der Waals surface area contributed by atoms with Gasteiger partial charge in [-0.3, -0.25) is 4.79 Å². The number of benzene rings is 1. The van der Waals surface area contributed by atoms with Crippen LogP contribution in [0.5, 0.6) is 0 Å². The number of carbonyl (C=O) groups excluding carboxylic acids is 1. The van der Waals surface area contributed by atoms with Crippen LogP contribution in [0.15, 0.2) is 18.2 Å². The van der Waals surface area contributed by atoms with E-state index in [0.29, 0.717) is 17.7 Å². The van der Waals surface area contributed by atoms with Gasteiger partial charge in [0, 0.05) is 24.4 Å². The highest BCUT2D eigenvalue weighted by atomic mass is 35.5. The van der Waals surface area contributed by atoms with Gasteiger partial charge in [-0.1, -0.05) is 17.7 Å². The monoisotopic (exact) mass is 303 g/mol. The van der Waals surface area contributed by atoms with Crippen molar-refractivity contribution in [3.63, 3.8) is 0 Å². The molecule has 3 nitrogen and oxygen atoms in total. The molecular formula is C13H15ClFNO2S. The normalized spacial score (nSPS) is 22.5. The zero-order valence-corrected chi connectivity index (χ0v) is 12.1.